The van der Waals surface area contributed by atoms with Crippen molar-refractivity contribution in [3.63, 3.8) is 0 Å². The van der Waals surface area contributed by atoms with Crippen molar-refractivity contribution in [1.82, 2.24) is 0 Å². The van der Waals surface area contributed by atoms with Crippen molar-refractivity contribution in [2.45, 2.75) is 38.4 Å². The van der Waals surface area contributed by atoms with Gasteiger partial charge in [0.2, 0.25) is 0 Å². The minimum atomic E-state index is -0.0462. The molecule has 6 aliphatic rings. The van der Waals surface area contributed by atoms with Gasteiger partial charge in [0, 0.05) is 11.8 Å². The van der Waals surface area contributed by atoms with E-state index in [-0.39, 0.29) is 24.1 Å². The molecule has 0 radical (unpaired) electrons. The van der Waals surface area contributed by atoms with Crippen molar-refractivity contribution in [2.24, 2.45) is 29.6 Å². The molecular formula is C15H18O4. The van der Waals surface area contributed by atoms with E-state index in [2.05, 4.69) is 0 Å². The third-order valence-corrected chi connectivity index (χ3v) is 5.91. The third-order valence-electron chi connectivity index (χ3n) is 5.91. The second-order valence-corrected chi connectivity index (χ2v) is 6.58. The Hall–Kier alpha value is -0.870. The minimum Gasteiger partial charge on any atom is -0.466 e. The second-order valence-electron chi connectivity index (χ2n) is 6.58. The molecular weight excluding hydrogens is 244 g/mol. The van der Waals surface area contributed by atoms with E-state index in [0.29, 0.717) is 30.3 Å². The smallest absolute Gasteiger partial charge is 0.309 e. The van der Waals surface area contributed by atoms with Crippen LogP contribution in [0.15, 0.2) is 11.1 Å². The van der Waals surface area contributed by atoms with Crippen LogP contribution in [-0.2, 0) is 19.3 Å². The third kappa shape index (κ3) is 1.16. The Balaban J connectivity index is 1.50. The topological polar surface area (TPSA) is 44.8 Å². The second kappa shape index (κ2) is 3.41. The van der Waals surface area contributed by atoms with Gasteiger partial charge in [-0.2, -0.15) is 0 Å². The summed E-state index contributed by atoms with van der Waals surface area (Å²) >= 11 is 0. The number of ether oxygens (including phenoxy) is 1. The van der Waals surface area contributed by atoms with Crippen LogP contribution in [0.25, 0.3) is 0 Å². The van der Waals surface area contributed by atoms with Crippen LogP contribution in [0, 0.1) is 29.6 Å². The largest absolute Gasteiger partial charge is 0.466 e. The summed E-state index contributed by atoms with van der Waals surface area (Å²) in [7, 11) is 0. The minimum absolute atomic E-state index is 0.0162. The van der Waals surface area contributed by atoms with Crippen LogP contribution in [0.3, 0.4) is 0 Å². The van der Waals surface area contributed by atoms with E-state index < -0.39 is 0 Å². The van der Waals surface area contributed by atoms with Crippen molar-refractivity contribution in [1.29, 1.82) is 0 Å². The fourth-order valence-electron chi connectivity index (χ4n) is 5.27. The van der Waals surface area contributed by atoms with Crippen molar-refractivity contribution in [3.8, 4) is 0 Å². The van der Waals surface area contributed by atoms with Gasteiger partial charge in [-0.3, -0.25) is 4.79 Å². The van der Waals surface area contributed by atoms with E-state index in [4.69, 9.17) is 14.5 Å². The van der Waals surface area contributed by atoms with Crippen LogP contribution in [-0.4, -0.2) is 24.8 Å². The highest BCUT2D eigenvalue weighted by Crippen LogP contribution is 2.68. The molecule has 4 nitrogen and oxygen atoms in total. The molecule has 1 unspecified atom stereocenters. The van der Waals surface area contributed by atoms with Crippen LogP contribution in [0.4, 0.5) is 0 Å². The van der Waals surface area contributed by atoms with Gasteiger partial charge in [-0.1, -0.05) is 0 Å². The Kier molecular flexibility index (Phi) is 1.95. The summed E-state index contributed by atoms with van der Waals surface area (Å²) in [6.45, 7) is 2.33. The zero-order valence-electron chi connectivity index (χ0n) is 11.0. The lowest BCUT2D eigenvalue weighted by atomic mass is 9.78. The van der Waals surface area contributed by atoms with Crippen LogP contribution in [0.1, 0.15) is 26.2 Å². The molecule has 0 aromatic heterocycles. The highest BCUT2D eigenvalue weighted by atomic mass is 17.2. The lowest BCUT2D eigenvalue weighted by Crippen LogP contribution is -2.42. The molecule has 4 bridgehead atoms. The number of rotatable bonds is 2. The molecule has 2 aliphatic heterocycles. The summed E-state index contributed by atoms with van der Waals surface area (Å²) in [4.78, 5) is 23.2. The molecule has 1 saturated heterocycles. The average molecular weight is 262 g/mol. The highest BCUT2D eigenvalue weighted by molar-refractivity contribution is 5.78. The van der Waals surface area contributed by atoms with Gasteiger partial charge in [0.25, 0.3) is 0 Å². The first-order valence-corrected chi connectivity index (χ1v) is 7.54. The van der Waals surface area contributed by atoms with E-state index in [1.54, 1.807) is 0 Å². The molecule has 0 N–H and O–H groups in total. The first-order valence-electron chi connectivity index (χ1n) is 7.54. The highest BCUT2D eigenvalue weighted by Gasteiger charge is 2.72. The van der Waals surface area contributed by atoms with E-state index in [9.17, 15) is 4.79 Å². The molecule has 0 aromatic rings. The Morgan fingerprint density at radius 2 is 1.74 bits per heavy atom. The van der Waals surface area contributed by atoms with E-state index in [1.165, 1.54) is 30.4 Å². The van der Waals surface area contributed by atoms with Gasteiger partial charge >= 0.3 is 5.97 Å². The fourth-order valence-corrected chi connectivity index (χ4v) is 5.27. The van der Waals surface area contributed by atoms with Crippen LogP contribution < -0.4 is 0 Å². The Labute approximate surface area is 112 Å². The van der Waals surface area contributed by atoms with Gasteiger partial charge in [0.1, 0.15) is 12.2 Å². The van der Waals surface area contributed by atoms with E-state index in [1.807, 2.05) is 6.92 Å². The molecule has 102 valence electrons. The molecule has 0 aromatic carbocycles. The predicted molar refractivity (Wildman–Crippen MR) is 64.7 cm³/mol. The number of carbonyl (C=O) groups excluding carboxylic acids is 1. The maximum atomic E-state index is 12.0. The number of carbonyl (C=O) groups is 1. The Morgan fingerprint density at radius 3 is 2.26 bits per heavy atom. The van der Waals surface area contributed by atoms with Crippen LogP contribution in [0.5, 0.6) is 0 Å². The first kappa shape index (κ1) is 10.9. The van der Waals surface area contributed by atoms with Crippen LogP contribution in [0.2, 0.25) is 0 Å². The zero-order valence-corrected chi connectivity index (χ0v) is 11.0. The molecule has 4 heteroatoms. The first-order chi connectivity index (χ1) is 9.31. The lowest BCUT2D eigenvalue weighted by molar-refractivity contribution is -0.372. The van der Waals surface area contributed by atoms with Crippen molar-refractivity contribution < 1.29 is 19.3 Å². The molecule has 0 spiro atoms. The van der Waals surface area contributed by atoms with Gasteiger partial charge in [-0.25, -0.2) is 9.78 Å². The summed E-state index contributed by atoms with van der Waals surface area (Å²) in [5, 5.41) is 0. The molecule has 2 heterocycles. The standard InChI is InChI=1S/C15H18O4/c1-2-17-15(16)12-10-11(12)14-9-7-4-3-6(5-7)8(9)13(10)18-19-14/h6-7,10-14H,2-5H2,1H3/t6-,7+,10-,11+,12?,13+,14-. The van der Waals surface area contributed by atoms with Gasteiger partial charge in [0.15, 0.2) is 0 Å². The summed E-state index contributed by atoms with van der Waals surface area (Å²) in [5.74, 6) is 2.05. The van der Waals surface area contributed by atoms with Crippen molar-refractivity contribution in [3.05, 3.63) is 11.1 Å². The van der Waals surface area contributed by atoms with Gasteiger partial charge in [-0.15, -0.1) is 0 Å². The van der Waals surface area contributed by atoms with Gasteiger partial charge in [0.05, 0.1) is 12.5 Å². The number of fused-ring (bicyclic) bond motifs is 3. The summed E-state index contributed by atoms with van der Waals surface area (Å²) in [5.41, 5.74) is 3.03. The molecule has 3 fully saturated rings. The maximum absolute atomic E-state index is 12.0. The van der Waals surface area contributed by atoms with Crippen molar-refractivity contribution in [2.75, 3.05) is 6.61 Å². The Bertz CT molecular complexity index is 462. The van der Waals surface area contributed by atoms with Crippen molar-refractivity contribution >= 4 is 5.97 Å². The monoisotopic (exact) mass is 262 g/mol. The maximum Gasteiger partial charge on any atom is 0.309 e. The number of hydrogen-bond donors (Lipinski definition) is 0. The lowest BCUT2D eigenvalue weighted by Gasteiger charge is -2.40. The quantitative estimate of drug-likeness (QED) is 0.433. The molecule has 4 aliphatic carbocycles. The van der Waals surface area contributed by atoms with Gasteiger partial charge in [-0.05, 0) is 49.2 Å². The summed E-state index contributed by atoms with van der Waals surface area (Å²) in [6.07, 6.45) is 4.01. The predicted octanol–water partition coefficient (Wildman–Crippen LogP) is 1.85. The van der Waals surface area contributed by atoms with Gasteiger partial charge < -0.3 is 4.74 Å². The molecule has 19 heavy (non-hydrogen) atoms. The van der Waals surface area contributed by atoms with Crippen LogP contribution >= 0.6 is 0 Å². The Morgan fingerprint density at radius 1 is 1.16 bits per heavy atom. The van der Waals surface area contributed by atoms with E-state index >= 15 is 0 Å². The summed E-state index contributed by atoms with van der Waals surface area (Å²) < 4.78 is 5.21. The van der Waals surface area contributed by atoms with E-state index in [0.717, 1.165) is 0 Å². The SMILES string of the molecule is CCOC(=O)C1[C@@H]2[C@H]1[C@H]1OO[C@@H]2C2=C1[C@@H]1CC[C@H]2C1. The molecule has 2 saturated carbocycles. The molecule has 7 atom stereocenters. The average Bonchev–Trinajstić information content (AvgIpc) is 2.86. The molecule has 0 amide bonds. The summed E-state index contributed by atoms with van der Waals surface area (Å²) in [6, 6.07) is 0. The molecule has 6 rings (SSSR count). The fraction of sp³-hybridized carbons (Fsp3) is 0.800. The number of esters is 1. The number of hydrogen-bond acceptors (Lipinski definition) is 4. The zero-order chi connectivity index (χ0) is 12.7. The normalized spacial score (nSPS) is 52.2.